The molecule has 0 unspecified atom stereocenters. The van der Waals surface area contributed by atoms with Gasteiger partial charge < -0.3 is 4.90 Å². The quantitative estimate of drug-likeness (QED) is 0.539. The number of hydrogen-bond donors (Lipinski definition) is 0. The van der Waals surface area contributed by atoms with Crippen molar-refractivity contribution in [3.63, 3.8) is 0 Å². The van der Waals surface area contributed by atoms with E-state index in [4.69, 9.17) is 0 Å². The van der Waals surface area contributed by atoms with E-state index in [-0.39, 0.29) is 0 Å². The van der Waals surface area contributed by atoms with E-state index >= 15 is 0 Å². The molecular formula is C9H16N. The van der Waals surface area contributed by atoms with E-state index in [0.717, 1.165) is 0 Å². The fourth-order valence-electron chi connectivity index (χ4n) is 1.38. The van der Waals surface area contributed by atoms with Crippen molar-refractivity contribution in [2.45, 2.75) is 19.3 Å². The van der Waals surface area contributed by atoms with Crippen LogP contribution in [-0.2, 0) is 0 Å². The fourth-order valence-corrected chi connectivity index (χ4v) is 1.38. The summed E-state index contributed by atoms with van der Waals surface area (Å²) in [4.78, 5) is 2.51. The molecule has 1 aliphatic rings. The molecule has 1 radical (unpaired) electrons. The third-order valence-electron chi connectivity index (χ3n) is 1.98. The number of hydrogen-bond acceptors (Lipinski definition) is 1. The Balaban J connectivity index is 1.96. The molecule has 0 aliphatic carbocycles. The van der Waals surface area contributed by atoms with Gasteiger partial charge in [-0.15, -0.1) is 6.58 Å². The number of rotatable bonds is 4. The van der Waals surface area contributed by atoms with Gasteiger partial charge in [-0.05, 0) is 45.3 Å². The molecule has 0 bridgehead atoms. The van der Waals surface area contributed by atoms with Crippen LogP contribution in [0.15, 0.2) is 12.7 Å². The molecule has 0 amide bonds. The molecule has 0 atom stereocenters. The Morgan fingerprint density at radius 2 is 2.10 bits per heavy atom. The van der Waals surface area contributed by atoms with Crippen LogP contribution in [0.2, 0.25) is 0 Å². The van der Waals surface area contributed by atoms with Crippen molar-refractivity contribution in [3.8, 4) is 0 Å². The summed E-state index contributed by atoms with van der Waals surface area (Å²) in [5.41, 5.74) is 0. The SMILES string of the molecule is C=C[CH][14CH2]CN1CCCC1. The predicted octanol–water partition coefficient (Wildman–Crippen LogP) is 1.86. The Morgan fingerprint density at radius 1 is 1.40 bits per heavy atom. The average Bonchev–Trinajstić information content (AvgIpc) is 2.41. The number of likely N-dealkylation sites (tertiary alicyclic amines) is 1. The van der Waals surface area contributed by atoms with Crippen molar-refractivity contribution in [1.82, 2.24) is 4.90 Å². The Hall–Kier alpha value is -0.300. The number of nitrogens with zero attached hydrogens (tertiary/aromatic N) is 1. The normalized spacial score (nSPS) is 19.6. The van der Waals surface area contributed by atoms with Gasteiger partial charge in [0, 0.05) is 0 Å². The van der Waals surface area contributed by atoms with Gasteiger partial charge in [-0.25, -0.2) is 0 Å². The van der Waals surface area contributed by atoms with Gasteiger partial charge in [0.1, 0.15) is 0 Å². The monoisotopic (exact) mass is 140 g/mol. The zero-order chi connectivity index (χ0) is 7.23. The van der Waals surface area contributed by atoms with Crippen molar-refractivity contribution in [3.05, 3.63) is 19.1 Å². The molecule has 1 nitrogen and oxygen atoms in total. The van der Waals surface area contributed by atoms with Crippen LogP contribution >= 0.6 is 0 Å². The van der Waals surface area contributed by atoms with E-state index < -0.39 is 0 Å². The lowest BCUT2D eigenvalue weighted by molar-refractivity contribution is 0.343. The zero-order valence-electron chi connectivity index (χ0n) is 6.55. The lowest BCUT2D eigenvalue weighted by Crippen LogP contribution is -2.20. The Bertz CT molecular complexity index is 92.9. The topological polar surface area (TPSA) is 3.24 Å². The molecule has 10 heavy (non-hydrogen) atoms. The highest BCUT2D eigenvalue weighted by Crippen LogP contribution is 2.07. The standard InChI is InChI=1S/C9H16N/c1-2-3-4-7-10-8-5-6-9-10/h2-3H,1,4-9H2/i4+2. The van der Waals surface area contributed by atoms with Crippen LogP contribution in [0.1, 0.15) is 19.3 Å². The van der Waals surface area contributed by atoms with Crippen LogP contribution in [0.25, 0.3) is 0 Å². The highest BCUT2D eigenvalue weighted by atomic mass is 15.2. The van der Waals surface area contributed by atoms with Crippen molar-refractivity contribution in [1.29, 1.82) is 0 Å². The summed E-state index contributed by atoms with van der Waals surface area (Å²) in [6.45, 7) is 7.50. The molecule has 0 spiro atoms. The third kappa shape index (κ3) is 2.53. The van der Waals surface area contributed by atoms with Crippen LogP contribution in [0, 0.1) is 6.42 Å². The largest absolute Gasteiger partial charge is 0.303 e. The van der Waals surface area contributed by atoms with E-state index in [2.05, 4.69) is 17.9 Å². The van der Waals surface area contributed by atoms with E-state index in [1.807, 2.05) is 6.08 Å². The summed E-state index contributed by atoms with van der Waals surface area (Å²) < 4.78 is 0. The predicted molar refractivity (Wildman–Crippen MR) is 44.8 cm³/mol. The van der Waals surface area contributed by atoms with Gasteiger partial charge in [0.25, 0.3) is 0 Å². The summed E-state index contributed by atoms with van der Waals surface area (Å²) in [5.74, 6) is 0. The van der Waals surface area contributed by atoms with E-state index in [9.17, 15) is 0 Å². The molecule has 0 aromatic rings. The Kier molecular flexibility index (Phi) is 3.52. The van der Waals surface area contributed by atoms with Gasteiger partial charge in [0.15, 0.2) is 0 Å². The van der Waals surface area contributed by atoms with Crippen LogP contribution in [0.3, 0.4) is 0 Å². The van der Waals surface area contributed by atoms with Crippen LogP contribution in [0.5, 0.6) is 0 Å². The smallest absolute Gasteiger partial charge is 0.00129 e. The van der Waals surface area contributed by atoms with Gasteiger partial charge in [0.05, 0.1) is 0 Å². The summed E-state index contributed by atoms with van der Waals surface area (Å²) >= 11 is 0. The second-order valence-electron chi connectivity index (χ2n) is 2.81. The molecule has 0 saturated carbocycles. The molecule has 1 saturated heterocycles. The first-order chi connectivity index (χ1) is 4.93. The first-order valence-corrected chi connectivity index (χ1v) is 4.10. The summed E-state index contributed by atoms with van der Waals surface area (Å²) in [6.07, 6.45) is 7.99. The third-order valence-corrected chi connectivity index (χ3v) is 1.98. The lowest BCUT2D eigenvalue weighted by atomic mass is 10.4. The van der Waals surface area contributed by atoms with Crippen molar-refractivity contribution in [2.24, 2.45) is 0 Å². The molecular weight excluding hydrogens is 124 g/mol. The first kappa shape index (κ1) is 7.80. The van der Waals surface area contributed by atoms with Gasteiger partial charge in [-0.2, -0.15) is 0 Å². The van der Waals surface area contributed by atoms with Gasteiger partial charge >= 0.3 is 0 Å². The molecule has 1 rings (SSSR count). The highest BCUT2D eigenvalue weighted by Gasteiger charge is 2.09. The van der Waals surface area contributed by atoms with Gasteiger partial charge in [0.2, 0.25) is 0 Å². The number of allylic oxidation sites excluding steroid dienone is 1. The molecule has 1 aliphatic heterocycles. The second kappa shape index (κ2) is 4.51. The zero-order valence-corrected chi connectivity index (χ0v) is 6.55. The molecule has 1 heterocycles. The average molecular weight is 140 g/mol. The highest BCUT2D eigenvalue weighted by molar-refractivity contribution is 4.87. The summed E-state index contributed by atoms with van der Waals surface area (Å²) in [6, 6.07) is 0. The van der Waals surface area contributed by atoms with Crippen LogP contribution in [-0.4, -0.2) is 24.5 Å². The minimum Gasteiger partial charge on any atom is -0.303 e. The van der Waals surface area contributed by atoms with Crippen molar-refractivity contribution < 1.29 is 0 Å². The minimum atomic E-state index is 1.17. The fraction of sp³-hybridized carbons (Fsp3) is 0.667. The first-order valence-electron chi connectivity index (χ1n) is 4.10. The van der Waals surface area contributed by atoms with Crippen LogP contribution in [0.4, 0.5) is 0 Å². The molecule has 57 valence electrons. The Morgan fingerprint density at radius 3 is 2.70 bits per heavy atom. The van der Waals surface area contributed by atoms with E-state index in [1.165, 1.54) is 38.9 Å². The maximum absolute atomic E-state index is 3.65. The maximum Gasteiger partial charge on any atom is -0.00129 e. The van der Waals surface area contributed by atoms with Crippen LogP contribution < -0.4 is 0 Å². The lowest BCUT2D eigenvalue weighted by Gasteiger charge is -2.12. The van der Waals surface area contributed by atoms with E-state index in [1.54, 1.807) is 0 Å². The second-order valence-corrected chi connectivity index (χ2v) is 2.81. The Labute approximate surface area is 63.7 Å². The van der Waals surface area contributed by atoms with E-state index in [0.29, 0.717) is 0 Å². The van der Waals surface area contributed by atoms with Gasteiger partial charge in [-0.3, -0.25) is 0 Å². The maximum atomic E-state index is 3.65. The molecule has 0 aromatic heterocycles. The molecule has 1 heteroatoms. The summed E-state index contributed by atoms with van der Waals surface area (Å²) in [7, 11) is 0. The van der Waals surface area contributed by atoms with Gasteiger partial charge in [-0.1, -0.05) is 6.08 Å². The van der Waals surface area contributed by atoms with Crippen molar-refractivity contribution >= 4 is 0 Å². The molecule has 0 N–H and O–H groups in total. The summed E-state index contributed by atoms with van der Waals surface area (Å²) in [5, 5.41) is 0. The minimum absolute atomic E-state index is 1.17. The molecule has 1 fully saturated rings. The number of unbranched alkanes of at least 4 members (excludes halogenated alkanes) is 1. The van der Waals surface area contributed by atoms with Crippen molar-refractivity contribution in [2.75, 3.05) is 19.6 Å². The molecule has 0 aromatic carbocycles.